The van der Waals surface area contributed by atoms with Gasteiger partial charge in [-0.3, -0.25) is 4.90 Å². The summed E-state index contributed by atoms with van der Waals surface area (Å²) >= 11 is 0. The average Bonchev–Trinajstić information content (AvgIpc) is 3.10. The van der Waals surface area contributed by atoms with Crippen molar-refractivity contribution in [2.24, 2.45) is 5.73 Å². The van der Waals surface area contributed by atoms with Crippen molar-refractivity contribution in [1.29, 1.82) is 0 Å². The highest BCUT2D eigenvalue weighted by molar-refractivity contribution is 5.73. The van der Waals surface area contributed by atoms with Crippen molar-refractivity contribution < 1.29 is 36.2 Å². The van der Waals surface area contributed by atoms with Crippen LogP contribution in [0, 0.1) is 0 Å². The fourth-order valence-electron chi connectivity index (χ4n) is 3.59. The molecule has 0 spiro atoms. The topological polar surface area (TPSA) is 112 Å². The number of alkyl halides is 6. The molecule has 15 heteroatoms. The van der Waals surface area contributed by atoms with E-state index in [0.29, 0.717) is 31.5 Å². The Hall–Kier alpha value is -2.42. The molecule has 3 heterocycles. The van der Waals surface area contributed by atoms with Crippen LogP contribution in [0.25, 0.3) is 0 Å². The summed E-state index contributed by atoms with van der Waals surface area (Å²) in [5.74, 6) is -1.67. The maximum absolute atomic E-state index is 12.8. The summed E-state index contributed by atoms with van der Waals surface area (Å²) < 4.78 is 70.0. The lowest BCUT2D eigenvalue weighted by molar-refractivity contribution is -0.192. The Kier molecular flexibility index (Phi) is 8.09. The molecule has 3 atom stereocenters. The van der Waals surface area contributed by atoms with Gasteiger partial charge in [-0.2, -0.15) is 31.3 Å². The van der Waals surface area contributed by atoms with E-state index in [1.165, 1.54) is 11.2 Å². The summed E-state index contributed by atoms with van der Waals surface area (Å²) in [5.41, 5.74) is 5.92. The number of nitrogens with zero attached hydrogens (tertiary/aromatic N) is 6. The van der Waals surface area contributed by atoms with Crippen LogP contribution in [-0.2, 0) is 4.79 Å². The fraction of sp³-hybridized carbons (Fsp3) is 0.765. The van der Waals surface area contributed by atoms with Gasteiger partial charge in [0.1, 0.15) is 6.33 Å². The SMILES string of the molecule is C[C@@H]1CN(c2ncnc(N3CCC(N)C3)n2)C[C@H](C)N1CC(F)(F)F.O=C(O)C(F)(F)F. The summed E-state index contributed by atoms with van der Waals surface area (Å²) in [7, 11) is 0. The molecule has 0 aliphatic carbocycles. The standard InChI is InChI=1S/C15H24F3N7.C2HF3O2/c1-10-5-24(6-11(2)25(10)8-15(16,17)18)14-21-9-20-13(22-14)23-4-3-12(19)7-23;3-2(4,5)1(6)7/h9-12H,3-8,19H2,1-2H3;(H,6,7)/t10-,11+,12?;. The molecule has 2 saturated heterocycles. The quantitative estimate of drug-likeness (QED) is 0.631. The molecule has 3 N–H and O–H groups in total. The third-order valence-corrected chi connectivity index (χ3v) is 5.04. The molecular formula is C17H25F6N7O2. The van der Waals surface area contributed by atoms with Crippen molar-refractivity contribution in [1.82, 2.24) is 19.9 Å². The van der Waals surface area contributed by atoms with Gasteiger partial charge in [-0.05, 0) is 20.3 Å². The van der Waals surface area contributed by atoms with Gasteiger partial charge in [0.05, 0.1) is 6.54 Å². The summed E-state index contributed by atoms with van der Waals surface area (Å²) in [5, 5.41) is 7.12. The van der Waals surface area contributed by atoms with Crippen molar-refractivity contribution in [2.45, 2.75) is 50.7 Å². The van der Waals surface area contributed by atoms with Gasteiger partial charge in [-0.25, -0.2) is 14.8 Å². The summed E-state index contributed by atoms with van der Waals surface area (Å²) in [6.45, 7) is 5.11. The van der Waals surface area contributed by atoms with Gasteiger partial charge < -0.3 is 20.6 Å². The van der Waals surface area contributed by atoms with Gasteiger partial charge in [-0.1, -0.05) is 0 Å². The molecular weight excluding hydrogens is 448 g/mol. The molecule has 2 fully saturated rings. The van der Waals surface area contributed by atoms with Gasteiger partial charge in [0.15, 0.2) is 0 Å². The molecule has 3 rings (SSSR count). The van der Waals surface area contributed by atoms with Gasteiger partial charge in [0, 0.05) is 44.3 Å². The number of carbonyl (C=O) groups is 1. The van der Waals surface area contributed by atoms with Crippen LogP contribution in [0.4, 0.5) is 38.2 Å². The van der Waals surface area contributed by atoms with E-state index >= 15 is 0 Å². The lowest BCUT2D eigenvalue weighted by Gasteiger charge is -2.44. The first-order valence-corrected chi connectivity index (χ1v) is 9.74. The predicted octanol–water partition coefficient (Wildman–Crippen LogP) is 1.50. The maximum Gasteiger partial charge on any atom is 0.490 e. The molecule has 2 aliphatic heterocycles. The Balaban J connectivity index is 0.000000451. The zero-order valence-electron chi connectivity index (χ0n) is 17.4. The van der Waals surface area contributed by atoms with Gasteiger partial charge >= 0.3 is 18.3 Å². The van der Waals surface area contributed by atoms with E-state index in [2.05, 4.69) is 15.0 Å². The first kappa shape index (κ1) is 25.8. The van der Waals surface area contributed by atoms with Crippen molar-refractivity contribution in [3.8, 4) is 0 Å². The molecule has 1 aromatic rings. The summed E-state index contributed by atoms with van der Waals surface area (Å²) in [6, 6.07) is -0.372. The van der Waals surface area contributed by atoms with Crippen molar-refractivity contribution in [3.05, 3.63) is 6.33 Å². The largest absolute Gasteiger partial charge is 0.490 e. The Bertz CT molecular complexity index is 766. The van der Waals surface area contributed by atoms with Crippen LogP contribution < -0.4 is 15.5 Å². The Morgan fingerprint density at radius 1 is 1.06 bits per heavy atom. The second kappa shape index (κ2) is 10.0. The number of aromatic nitrogens is 3. The monoisotopic (exact) mass is 473 g/mol. The van der Waals surface area contributed by atoms with Crippen LogP contribution in [0.1, 0.15) is 20.3 Å². The molecule has 1 aromatic heterocycles. The highest BCUT2D eigenvalue weighted by Crippen LogP contribution is 2.25. The molecule has 182 valence electrons. The molecule has 2 aliphatic rings. The number of nitrogens with two attached hydrogens (primary N) is 1. The molecule has 0 saturated carbocycles. The Morgan fingerprint density at radius 3 is 1.97 bits per heavy atom. The zero-order chi connectivity index (χ0) is 24.3. The lowest BCUT2D eigenvalue weighted by atomic mass is 10.1. The van der Waals surface area contributed by atoms with Crippen LogP contribution >= 0.6 is 0 Å². The summed E-state index contributed by atoms with van der Waals surface area (Å²) in [6.07, 6.45) is -6.93. The number of aliphatic carboxylic acids is 1. The third-order valence-electron chi connectivity index (χ3n) is 5.04. The second-order valence-corrected chi connectivity index (χ2v) is 7.77. The molecule has 0 amide bonds. The highest BCUT2D eigenvalue weighted by atomic mass is 19.4. The van der Waals surface area contributed by atoms with E-state index in [4.69, 9.17) is 15.6 Å². The molecule has 32 heavy (non-hydrogen) atoms. The zero-order valence-corrected chi connectivity index (χ0v) is 17.4. The second-order valence-electron chi connectivity index (χ2n) is 7.77. The molecule has 9 nitrogen and oxygen atoms in total. The van der Waals surface area contributed by atoms with Crippen molar-refractivity contribution in [2.75, 3.05) is 42.5 Å². The minimum Gasteiger partial charge on any atom is -0.475 e. The number of anilines is 2. The van der Waals surface area contributed by atoms with E-state index in [0.717, 1.165) is 13.0 Å². The van der Waals surface area contributed by atoms with E-state index in [1.807, 2.05) is 9.80 Å². The lowest BCUT2D eigenvalue weighted by Crippen LogP contribution is -2.59. The maximum atomic E-state index is 12.8. The van der Waals surface area contributed by atoms with Crippen LogP contribution in [0.2, 0.25) is 0 Å². The van der Waals surface area contributed by atoms with Crippen LogP contribution in [0.5, 0.6) is 0 Å². The van der Waals surface area contributed by atoms with E-state index < -0.39 is 24.9 Å². The number of hydrogen-bond donors (Lipinski definition) is 2. The molecule has 0 radical (unpaired) electrons. The van der Waals surface area contributed by atoms with Crippen LogP contribution in [-0.4, -0.2) is 94.1 Å². The first-order chi connectivity index (χ1) is 14.7. The van der Waals surface area contributed by atoms with Crippen molar-refractivity contribution in [3.63, 3.8) is 0 Å². The fourth-order valence-corrected chi connectivity index (χ4v) is 3.59. The van der Waals surface area contributed by atoms with Gasteiger partial charge in [0.25, 0.3) is 0 Å². The Labute approximate surface area is 180 Å². The highest BCUT2D eigenvalue weighted by Gasteiger charge is 2.39. The average molecular weight is 473 g/mol. The van der Waals surface area contributed by atoms with Gasteiger partial charge in [0.2, 0.25) is 11.9 Å². The van der Waals surface area contributed by atoms with E-state index in [1.54, 1.807) is 13.8 Å². The predicted molar refractivity (Wildman–Crippen MR) is 102 cm³/mol. The van der Waals surface area contributed by atoms with E-state index in [-0.39, 0.29) is 18.1 Å². The molecule has 0 bridgehead atoms. The number of halogens is 6. The van der Waals surface area contributed by atoms with Crippen molar-refractivity contribution >= 4 is 17.9 Å². The number of carboxylic acid groups (broad SMARTS) is 1. The Morgan fingerprint density at radius 2 is 1.56 bits per heavy atom. The van der Waals surface area contributed by atoms with E-state index in [9.17, 15) is 26.3 Å². The normalized spacial score (nSPS) is 24.8. The minimum absolute atomic E-state index is 0.117. The number of rotatable bonds is 3. The molecule has 0 aromatic carbocycles. The number of hydrogen-bond acceptors (Lipinski definition) is 8. The van der Waals surface area contributed by atoms with Crippen LogP contribution in [0.3, 0.4) is 0 Å². The van der Waals surface area contributed by atoms with Gasteiger partial charge in [-0.15, -0.1) is 0 Å². The number of piperazine rings is 1. The third kappa shape index (κ3) is 7.32. The minimum atomic E-state index is -5.08. The first-order valence-electron chi connectivity index (χ1n) is 9.74. The number of carboxylic acids is 1. The molecule has 1 unspecified atom stereocenters. The summed E-state index contributed by atoms with van der Waals surface area (Å²) in [4.78, 5) is 27.3. The van der Waals surface area contributed by atoms with Crippen LogP contribution in [0.15, 0.2) is 6.33 Å². The smallest absolute Gasteiger partial charge is 0.475 e.